The van der Waals surface area contributed by atoms with Gasteiger partial charge in [0.1, 0.15) is 5.75 Å². The zero-order chi connectivity index (χ0) is 15.8. The first-order chi connectivity index (χ1) is 10.7. The molecule has 1 aliphatic heterocycles. The number of hydrogen-bond donors (Lipinski definition) is 1. The van der Waals surface area contributed by atoms with E-state index in [9.17, 15) is 4.79 Å². The molecule has 1 aromatic carbocycles. The summed E-state index contributed by atoms with van der Waals surface area (Å²) in [5, 5.41) is 3.06. The van der Waals surface area contributed by atoms with E-state index < -0.39 is 0 Å². The first kappa shape index (κ1) is 16.8. The lowest BCUT2D eigenvalue weighted by Crippen LogP contribution is -2.52. The van der Waals surface area contributed by atoms with Gasteiger partial charge in [0, 0.05) is 25.2 Å². The molecule has 1 aromatic rings. The molecule has 5 heteroatoms. The van der Waals surface area contributed by atoms with E-state index in [-0.39, 0.29) is 11.9 Å². The summed E-state index contributed by atoms with van der Waals surface area (Å²) in [5.41, 5.74) is 0. The molecule has 122 valence electrons. The van der Waals surface area contributed by atoms with Crippen LogP contribution in [0.4, 0.5) is 0 Å². The number of nitrogens with zero attached hydrogens (tertiary/aromatic N) is 1. The number of para-hydroxylation sites is 1. The van der Waals surface area contributed by atoms with Crippen LogP contribution in [-0.2, 0) is 9.53 Å². The van der Waals surface area contributed by atoms with Crippen LogP contribution in [0.15, 0.2) is 30.3 Å². The number of carbonyl (C=O) groups is 1. The summed E-state index contributed by atoms with van der Waals surface area (Å²) in [4.78, 5) is 14.4. The van der Waals surface area contributed by atoms with Gasteiger partial charge < -0.3 is 14.8 Å². The number of benzene rings is 1. The third-order valence-electron chi connectivity index (χ3n) is 4.07. The van der Waals surface area contributed by atoms with Gasteiger partial charge in [0.2, 0.25) is 5.91 Å². The molecule has 1 saturated heterocycles. The summed E-state index contributed by atoms with van der Waals surface area (Å²) in [6, 6.07) is 9.98. The van der Waals surface area contributed by atoms with Gasteiger partial charge in [-0.25, -0.2) is 0 Å². The highest BCUT2D eigenvalue weighted by Gasteiger charge is 2.23. The summed E-state index contributed by atoms with van der Waals surface area (Å²) in [7, 11) is 0. The van der Waals surface area contributed by atoms with Gasteiger partial charge in [-0.3, -0.25) is 9.69 Å². The Morgan fingerprint density at radius 1 is 1.27 bits per heavy atom. The maximum absolute atomic E-state index is 12.0. The van der Waals surface area contributed by atoms with Gasteiger partial charge in [0.15, 0.2) is 0 Å². The first-order valence-electron chi connectivity index (χ1n) is 7.96. The minimum atomic E-state index is 0.0311. The summed E-state index contributed by atoms with van der Waals surface area (Å²) >= 11 is 0. The molecule has 0 radical (unpaired) electrons. The number of nitrogens with one attached hydrogen (secondary N) is 1. The van der Waals surface area contributed by atoms with Crippen LogP contribution in [0.1, 0.15) is 20.3 Å². The molecule has 2 atom stereocenters. The fraction of sp³-hybridized carbons (Fsp3) is 0.588. The van der Waals surface area contributed by atoms with Crippen LogP contribution in [0.25, 0.3) is 0 Å². The Morgan fingerprint density at radius 2 is 1.95 bits per heavy atom. The van der Waals surface area contributed by atoms with Crippen molar-refractivity contribution in [1.29, 1.82) is 0 Å². The topological polar surface area (TPSA) is 50.8 Å². The highest BCUT2D eigenvalue weighted by atomic mass is 16.5. The predicted molar refractivity (Wildman–Crippen MR) is 86.0 cm³/mol. The Kier molecular flexibility index (Phi) is 6.68. The molecule has 1 N–H and O–H groups in total. The average molecular weight is 306 g/mol. The van der Waals surface area contributed by atoms with Gasteiger partial charge in [0.05, 0.1) is 26.2 Å². The number of morpholine rings is 1. The first-order valence-corrected chi connectivity index (χ1v) is 7.96. The second kappa shape index (κ2) is 8.76. The van der Waals surface area contributed by atoms with E-state index in [1.54, 1.807) is 0 Å². The quantitative estimate of drug-likeness (QED) is 0.833. The van der Waals surface area contributed by atoms with Crippen molar-refractivity contribution < 1.29 is 14.3 Å². The van der Waals surface area contributed by atoms with Gasteiger partial charge >= 0.3 is 0 Å². The molecular weight excluding hydrogens is 280 g/mol. The number of amides is 1. The number of ether oxygens (including phenoxy) is 2. The highest BCUT2D eigenvalue weighted by Crippen LogP contribution is 2.09. The van der Waals surface area contributed by atoms with E-state index in [1.165, 1.54) is 0 Å². The summed E-state index contributed by atoms with van der Waals surface area (Å²) < 4.78 is 10.9. The molecular formula is C17H26N2O3. The van der Waals surface area contributed by atoms with Gasteiger partial charge in [-0.2, -0.15) is 0 Å². The number of rotatable bonds is 7. The zero-order valence-electron chi connectivity index (χ0n) is 13.5. The molecule has 0 aromatic heterocycles. The summed E-state index contributed by atoms with van der Waals surface area (Å²) in [6.07, 6.45) is 0.370. The van der Waals surface area contributed by atoms with Crippen LogP contribution in [0.2, 0.25) is 0 Å². The maximum Gasteiger partial charge on any atom is 0.223 e. The molecule has 5 nitrogen and oxygen atoms in total. The minimum Gasteiger partial charge on any atom is -0.493 e. The molecule has 22 heavy (non-hydrogen) atoms. The van der Waals surface area contributed by atoms with E-state index >= 15 is 0 Å². The third-order valence-corrected chi connectivity index (χ3v) is 4.07. The molecule has 0 aliphatic carbocycles. The van der Waals surface area contributed by atoms with E-state index in [0.717, 1.165) is 32.1 Å². The zero-order valence-corrected chi connectivity index (χ0v) is 13.5. The van der Waals surface area contributed by atoms with Crippen LogP contribution in [-0.4, -0.2) is 55.8 Å². The van der Waals surface area contributed by atoms with Crippen molar-refractivity contribution >= 4 is 5.91 Å². The Hall–Kier alpha value is -1.59. The molecule has 0 spiro atoms. The average Bonchev–Trinajstić information content (AvgIpc) is 2.56. The fourth-order valence-electron chi connectivity index (χ4n) is 2.53. The Bertz CT molecular complexity index is 446. The standard InChI is InChI=1S/C17H26N2O3/c1-14(15(2)19-9-12-21-13-10-19)18-17(20)8-11-22-16-6-4-3-5-7-16/h3-7,14-15H,8-13H2,1-2H3,(H,18,20)/t14-,15-/m0/s1. The van der Waals surface area contributed by atoms with Crippen molar-refractivity contribution in [3.05, 3.63) is 30.3 Å². The van der Waals surface area contributed by atoms with Crippen LogP contribution in [0, 0.1) is 0 Å². The molecule has 1 fully saturated rings. The molecule has 0 unspecified atom stereocenters. The van der Waals surface area contributed by atoms with Crippen molar-refractivity contribution in [3.8, 4) is 5.75 Å². The second-order valence-corrected chi connectivity index (χ2v) is 5.66. The lowest BCUT2D eigenvalue weighted by molar-refractivity contribution is -0.122. The SMILES string of the molecule is C[C@H](NC(=O)CCOc1ccccc1)[C@H](C)N1CCOCC1. The van der Waals surface area contributed by atoms with Crippen LogP contribution in [0.5, 0.6) is 5.75 Å². The van der Waals surface area contributed by atoms with E-state index in [2.05, 4.69) is 24.1 Å². The predicted octanol–water partition coefficient (Wildman–Crippen LogP) is 1.68. The second-order valence-electron chi connectivity index (χ2n) is 5.66. The van der Waals surface area contributed by atoms with Gasteiger partial charge in [-0.05, 0) is 26.0 Å². The van der Waals surface area contributed by atoms with Crippen molar-refractivity contribution in [2.75, 3.05) is 32.9 Å². The van der Waals surface area contributed by atoms with Crippen molar-refractivity contribution in [2.45, 2.75) is 32.4 Å². The highest BCUT2D eigenvalue weighted by molar-refractivity contribution is 5.76. The number of hydrogen-bond acceptors (Lipinski definition) is 4. The summed E-state index contributed by atoms with van der Waals surface area (Å²) in [6.45, 7) is 8.00. The summed E-state index contributed by atoms with van der Waals surface area (Å²) in [5.74, 6) is 0.827. The lowest BCUT2D eigenvalue weighted by atomic mass is 10.1. The largest absolute Gasteiger partial charge is 0.493 e. The van der Waals surface area contributed by atoms with Crippen molar-refractivity contribution in [1.82, 2.24) is 10.2 Å². The Morgan fingerprint density at radius 3 is 2.64 bits per heavy atom. The molecule has 1 heterocycles. The van der Waals surface area contributed by atoms with E-state index in [0.29, 0.717) is 19.1 Å². The molecule has 2 rings (SSSR count). The van der Waals surface area contributed by atoms with Crippen molar-refractivity contribution in [3.63, 3.8) is 0 Å². The monoisotopic (exact) mass is 306 g/mol. The van der Waals surface area contributed by atoms with Gasteiger partial charge in [0.25, 0.3) is 0 Å². The minimum absolute atomic E-state index is 0.0311. The number of carbonyl (C=O) groups excluding carboxylic acids is 1. The van der Waals surface area contributed by atoms with Gasteiger partial charge in [-0.1, -0.05) is 18.2 Å². The van der Waals surface area contributed by atoms with E-state index in [1.807, 2.05) is 30.3 Å². The Labute approximate surface area is 132 Å². The lowest BCUT2D eigenvalue weighted by Gasteiger charge is -2.35. The van der Waals surface area contributed by atoms with Crippen LogP contribution < -0.4 is 10.1 Å². The van der Waals surface area contributed by atoms with Gasteiger partial charge in [-0.15, -0.1) is 0 Å². The third kappa shape index (κ3) is 5.31. The molecule has 1 aliphatic rings. The maximum atomic E-state index is 12.0. The molecule has 0 bridgehead atoms. The van der Waals surface area contributed by atoms with Crippen molar-refractivity contribution in [2.24, 2.45) is 0 Å². The van der Waals surface area contributed by atoms with Crippen LogP contribution in [0.3, 0.4) is 0 Å². The normalized spacial score (nSPS) is 18.5. The fourth-order valence-corrected chi connectivity index (χ4v) is 2.53. The smallest absolute Gasteiger partial charge is 0.223 e. The Balaban J connectivity index is 1.67. The molecule has 1 amide bonds. The molecule has 0 saturated carbocycles. The van der Waals surface area contributed by atoms with Crippen LogP contribution >= 0.6 is 0 Å². The van der Waals surface area contributed by atoms with E-state index in [4.69, 9.17) is 9.47 Å².